The standard InChI is InChI=1S/C16H18N2O6/c1-8-10(9(2)24-18-8)6-15(19)17-12-7-14(23-4)13(22-3)5-11(12)16(20)21/h5,7H,6H2,1-4H3,(H,17,19)(H,20,21). The molecule has 0 aliphatic heterocycles. The van der Waals surface area contributed by atoms with E-state index in [2.05, 4.69) is 10.5 Å². The van der Waals surface area contributed by atoms with Crippen LogP contribution < -0.4 is 14.8 Å². The summed E-state index contributed by atoms with van der Waals surface area (Å²) in [5.74, 6) is -0.454. The summed E-state index contributed by atoms with van der Waals surface area (Å²) in [6.45, 7) is 3.44. The molecule has 0 atom stereocenters. The summed E-state index contributed by atoms with van der Waals surface area (Å²) < 4.78 is 15.2. The molecule has 0 bridgehead atoms. The van der Waals surface area contributed by atoms with Crippen LogP contribution in [0.2, 0.25) is 0 Å². The highest BCUT2D eigenvalue weighted by Gasteiger charge is 2.19. The fraction of sp³-hybridized carbons (Fsp3) is 0.312. The van der Waals surface area contributed by atoms with Gasteiger partial charge in [0.25, 0.3) is 0 Å². The number of carboxylic acid groups (broad SMARTS) is 1. The van der Waals surface area contributed by atoms with E-state index in [1.54, 1.807) is 13.8 Å². The number of ether oxygens (including phenoxy) is 2. The van der Waals surface area contributed by atoms with Crippen molar-refractivity contribution in [2.75, 3.05) is 19.5 Å². The fourth-order valence-corrected chi connectivity index (χ4v) is 2.27. The lowest BCUT2D eigenvalue weighted by atomic mass is 10.1. The fourth-order valence-electron chi connectivity index (χ4n) is 2.27. The van der Waals surface area contributed by atoms with Gasteiger partial charge in [-0.15, -0.1) is 0 Å². The minimum atomic E-state index is -1.19. The summed E-state index contributed by atoms with van der Waals surface area (Å²) in [4.78, 5) is 23.7. The topological polar surface area (TPSA) is 111 Å². The Labute approximate surface area is 138 Å². The Hall–Kier alpha value is -3.03. The van der Waals surface area contributed by atoms with Gasteiger partial charge in [0, 0.05) is 17.7 Å². The van der Waals surface area contributed by atoms with Crippen LogP contribution in [0.5, 0.6) is 11.5 Å². The van der Waals surface area contributed by atoms with Crippen molar-refractivity contribution in [3.63, 3.8) is 0 Å². The Morgan fingerprint density at radius 2 is 1.83 bits per heavy atom. The van der Waals surface area contributed by atoms with Crippen LogP contribution in [0.3, 0.4) is 0 Å². The number of methoxy groups -OCH3 is 2. The van der Waals surface area contributed by atoms with Crippen LogP contribution in [-0.2, 0) is 11.2 Å². The molecule has 8 nitrogen and oxygen atoms in total. The number of carboxylic acids is 1. The molecule has 0 fully saturated rings. The summed E-state index contributed by atoms with van der Waals surface area (Å²) in [6.07, 6.45) is 0.0224. The van der Waals surface area contributed by atoms with E-state index in [9.17, 15) is 14.7 Å². The zero-order valence-electron chi connectivity index (χ0n) is 13.8. The number of carbonyl (C=O) groups is 2. The van der Waals surface area contributed by atoms with Crippen LogP contribution >= 0.6 is 0 Å². The zero-order valence-corrected chi connectivity index (χ0v) is 13.8. The van der Waals surface area contributed by atoms with Crippen LogP contribution in [0.4, 0.5) is 5.69 Å². The molecular weight excluding hydrogens is 316 g/mol. The van der Waals surface area contributed by atoms with Crippen molar-refractivity contribution in [2.45, 2.75) is 20.3 Å². The highest BCUT2D eigenvalue weighted by molar-refractivity contribution is 6.02. The molecule has 0 saturated carbocycles. The first-order chi connectivity index (χ1) is 11.4. The Kier molecular flexibility index (Phi) is 5.08. The largest absolute Gasteiger partial charge is 0.493 e. The Morgan fingerprint density at radius 1 is 1.21 bits per heavy atom. The molecule has 1 aromatic carbocycles. The second-order valence-corrected chi connectivity index (χ2v) is 5.09. The van der Waals surface area contributed by atoms with Gasteiger partial charge in [-0.25, -0.2) is 4.79 Å². The number of hydrogen-bond donors (Lipinski definition) is 2. The van der Waals surface area contributed by atoms with Gasteiger partial charge in [0.1, 0.15) is 5.76 Å². The lowest BCUT2D eigenvalue weighted by molar-refractivity contribution is -0.115. The molecule has 128 valence electrons. The maximum Gasteiger partial charge on any atom is 0.337 e. The minimum Gasteiger partial charge on any atom is -0.493 e. The van der Waals surface area contributed by atoms with Crippen LogP contribution in [-0.4, -0.2) is 36.4 Å². The van der Waals surface area contributed by atoms with Gasteiger partial charge >= 0.3 is 5.97 Å². The van der Waals surface area contributed by atoms with Gasteiger partial charge in [0.05, 0.1) is 37.6 Å². The third-order valence-corrected chi connectivity index (χ3v) is 3.55. The number of amides is 1. The van der Waals surface area contributed by atoms with E-state index in [0.29, 0.717) is 22.8 Å². The van der Waals surface area contributed by atoms with Crippen LogP contribution in [0, 0.1) is 13.8 Å². The molecule has 0 radical (unpaired) electrons. The summed E-state index contributed by atoms with van der Waals surface area (Å²) >= 11 is 0. The number of nitrogens with zero attached hydrogens (tertiary/aromatic N) is 1. The van der Waals surface area contributed by atoms with Gasteiger partial charge in [0.2, 0.25) is 5.91 Å². The average molecular weight is 334 g/mol. The molecule has 0 saturated heterocycles. The minimum absolute atomic E-state index is 0.0224. The van der Waals surface area contributed by atoms with E-state index < -0.39 is 5.97 Å². The molecule has 1 heterocycles. The first-order valence-electron chi connectivity index (χ1n) is 7.08. The second-order valence-electron chi connectivity index (χ2n) is 5.09. The molecule has 1 aromatic heterocycles. The lowest BCUT2D eigenvalue weighted by Crippen LogP contribution is -2.17. The molecule has 2 aromatic rings. The monoisotopic (exact) mass is 334 g/mol. The highest BCUT2D eigenvalue weighted by atomic mass is 16.5. The van der Waals surface area contributed by atoms with E-state index in [-0.39, 0.29) is 29.3 Å². The third-order valence-electron chi connectivity index (χ3n) is 3.55. The molecule has 1 amide bonds. The smallest absolute Gasteiger partial charge is 0.337 e. The SMILES string of the molecule is COc1cc(NC(=O)Cc2c(C)noc2C)c(C(=O)O)cc1OC. The maximum atomic E-state index is 12.3. The number of nitrogens with one attached hydrogen (secondary N) is 1. The molecular formula is C16H18N2O6. The van der Waals surface area contributed by atoms with Crippen molar-refractivity contribution in [3.8, 4) is 11.5 Å². The number of aromatic nitrogens is 1. The van der Waals surface area contributed by atoms with E-state index in [4.69, 9.17) is 14.0 Å². The molecule has 2 N–H and O–H groups in total. The summed E-state index contributed by atoms with van der Waals surface area (Å²) in [5, 5.41) is 15.7. The zero-order chi connectivity index (χ0) is 17.9. The van der Waals surface area contributed by atoms with Gasteiger partial charge in [-0.1, -0.05) is 5.16 Å². The molecule has 8 heteroatoms. The molecule has 2 rings (SSSR count). The van der Waals surface area contributed by atoms with E-state index in [1.807, 2.05) is 0 Å². The van der Waals surface area contributed by atoms with Crippen molar-refractivity contribution in [1.82, 2.24) is 5.16 Å². The van der Waals surface area contributed by atoms with Crippen molar-refractivity contribution < 1.29 is 28.7 Å². The predicted molar refractivity (Wildman–Crippen MR) is 84.8 cm³/mol. The van der Waals surface area contributed by atoms with E-state index in [0.717, 1.165) is 0 Å². The number of hydrogen-bond acceptors (Lipinski definition) is 6. The lowest BCUT2D eigenvalue weighted by Gasteiger charge is -2.13. The number of aromatic carboxylic acids is 1. The number of rotatable bonds is 6. The number of benzene rings is 1. The van der Waals surface area contributed by atoms with Gasteiger partial charge in [-0.3, -0.25) is 4.79 Å². The van der Waals surface area contributed by atoms with Crippen molar-refractivity contribution in [1.29, 1.82) is 0 Å². The molecule has 24 heavy (non-hydrogen) atoms. The van der Waals surface area contributed by atoms with Crippen LogP contribution in [0.15, 0.2) is 16.7 Å². The van der Waals surface area contributed by atoms with Gasteiger partial charge in [0.15, 0.2) is 11.5 Å². The predicted octanol–water partition coefficient (Wildman–Crippen LogP) is 2.19. The second kappa shape index (κ2) is 7.03. The van der Waals surface area contributed by atoms with Crippen molar-refractivity contribution >= 4 is 17.6 Å². The summed E-state index contributed by atoms with van der Waals surface area (Å²) in [6, 6.07) is 2.71. The maximum absolute atomic E-state index is 12.3. The number of anilines is 1. The Balaban J connectivity index is 2.30. The molecule has 0 aliphatic carbocycles. The quantitative estimate of drug-likeness (QED) is 0.833. The first kappa shape index (κ1) is 17.3. The summed E-state index contributed by atoms with van der Waals surface area (Å²) in [7, 11) is 2.83. The molecule has 0 spiro atoms. The molecule has 0 unspecified atom stereocenters. The van der Waals surface area contributed by atoms with Gasteiger partial charge < -0.3 is 24.4 Å². The van der Waals surface area contributed by atoms with Crippen molar-refractivity contribution in [3.05, 3.63) is 34.7 Å². The van der Waals surface area contributed by atoms with Gasteiger partial charge in [-0.2, -0.15) is 0 Å². The number of aryl methyl sites for hydroxylation is 2. The van der Waals surface area contributed by atoms with Crippen LogP contribution in [0.1, 0.15) is 27.4 Å². The summed E-state index contributed by atoms with van der Waals surface area (Å²) in [5.41, 5.74) is 1.31. The van der Waals surface area contributed by atoms with E-state index in [1.165, 1.54) is 26.4 Å². The first-order valence-corrected chi connectivity index (χ1v) is 7.08. The third kappa shape index (κ3) is 3.48. The van der Waals surface area contributed by atoms with E-state index >= 15 is 0 Å². The molecule has 0 aliphatic rings. The van der Waals surface area contributed by atoms with Crippen molar-refractivity contribution in [2.24, 2.45) is 0 Å². The normalized spacial score (nSPS) is 10.3. The highest BCUT2D eigenvalue weighted by Crippen LogP contribution is 2.33. The number of carbonyl (C=O) groups excluding carboxylic acids is 1. The Morgan fingerprint density at radius 3 is 2.33 bits per heavy atom. The van der Waals surface area contributed by atoms with Crippen LogP contribution in [0.25, 0.3) is 0 Å². The Bertz CT molecular complexity index is 762. The average Bonchev–Trinajstić information content (AvgIpc) is 2.85. The van der Waals surface area contributed by atoms with Gasteiger partial charge in [-0.05, 0) is 13.8 Å².